The van der Waals surface area contributed by atoms with E-state index in [9.17, 15) is 0 Å². The van der Waals surface area contributed by atoms with Crippen LogP contribution in [-0.4, -0.2) is 25.4 Å². The molecule has 0 saturated heterocycles. The Morgan fingerprint density at radius 2 is 2.10 bits per heavy atom. The van der Waals surface area contributed by atoms with E-state index in [1.165, 1.54) is 11.3 Å². The number of aromatic nitrogens is 4. The molecule has 1 atom stereocenters. The third-order valence-electron chi connectivity index (χ3n) is 3.30. The van der Waals surface area contributed by atoms with Gasteiger partial charge in [0.2, 0.25) is 0 Å². The van der Waals surface area contributed by atoms with Crippen molar-refractivity contribution in [1.29, 1.82) is 0 Å². The molecule has 5 nitrogen and oxygen atoms in total. The van der Waals surface area contributed by atoms with Gasteiger partial charge in [-0.25, -0.2) is 4.98 Å². The van der Waals surface area contributed by atoms with E-state index in [0.29, 0.717) is 6.04 Å². The Morgan fingerprint density at radius 1 is 1.35 bits per heavy atom. The first-order chi connectivity index (χ1) is 9.36. The molecule has 2 aromatic rings. The summed E-state index contributed by atoms with van der Waals surface area (Å²) in [6, 6.07) is 0.386. The third kappa shape index (κ3) is 3.70. The van der Waals surface area contributed by atoms with Gasteiger partial charge in [-0.3, -0.25) is 4.68 Å². The average molecular weight is 275 g/mol. The summed E-state index contributed by atoms with van der Waals surface area (Å²) in [5, 5.41) is 8.16. The van der Waals surface area contributed by atoms with E-state index < -0.39 is 0 Å². The zero-order chi connectivity index (χ0) is 14.8. The molecule has 0 amide bonds. The predicted molar refractivity (Wildman–Crippen MR) is 80.4 cm³/mol. The van der Waals surface area contributed by atoms with Gasteiger partial charge >= 0.3 is 0 Å². The highest BCUT2D eigenvalue weighted by Crippen LogP contribution is 2.24. The molecule has 5 heteroatoms. The largest absolute Gasteiger partial charge is 0.336 e. The van der Waals surface area contributed by atoms with Gasteiger partial charge in [0.25, 0.3) is 0 Å². The Balaban J connectivity index is 1.97. The van der Waals surface area contributed by atoms with Crippen LogP contribution in [-0.2, 0) is 25.6 Å². The smallest absolute Gasteiger partial charge is 0.0946 e. The fraction of sp³-hybridized carbons (Fsp3) is 0.600. The van der Waals surface area contributed by atoms with Crippen LogP contribution in [0, 0.1) is 0 Å². The summed E-state index contributed by atoms with van der Waals surface area (Å²) in [5.41, 5.74) is 2.52. The lowest BCUT2D eigenvalue weighted by atomic mass is 9.89. The Bertz CT molecular complexity index is 533. The van der Waals surface area contributed by atoms with Crippen molar-refractivity contribution in [2.75, 3.05) is 0 Å². The van der Waals surface area contributed by atoms with Gasteiger partial charge in [0.1, 0.15) is 0 Å². The van der Waals surface area contributed by atoms with Gasteiger partial charge in [0.15, 0.2) is 0 Å². The van der Waals surface area contributed by atoms with Gasteiger partial charge in [-0.1, -0.05) is 20.8 Å². The van der Waals surface area contributed by atoms with Crippen LogP contribution in [0.5, 0.6) is 0 Å². The Hall–Kier alpha value is -1.62. The summed E-state index contributed by atoms with van der Waals surface area (Å²) in [5.74, 6) is 0. The predicted octanol–water partition coefficient (Wildman–Crippen LogP) is 2.09. The molecule has 2 rings (SSSR count). The van der Waals surface area contributed by atoms with Crippen molar-refractivity contribution in [3.8, 4) is 0 Å². The Kier molecular flexibility index (Phi) is 4.28. The highest BCUT2D eigenvalue weighted by molar-refractivity contribution is 5.23. The Morgan fingerprint density at radius 3 is 2.70 bits per heavy atom. The van der Waals surface area contributed by atoms with E-state index in [0.717, 1.165) is 13.1 Å². The first-order valence-electron chi connectivity index (χ1n) is 7.08. The monoisotopic (exact) mass is 275 g/mol. The molecule has 110 valence electrons. The maximum atomic E-state index is 4.60. The van der Waals surface area contributed by atoms with E-state index in [2.05, 4.69) is 53.9 Å². The lowest BCUT2D eigenvalue weighted by Crippen LogP contribution is -2.30. The Labute approximate surface area is 121 Å². The fourth-order valence-corrected chi connectivity index (χ4v) is 2.36. The molecule has 2 heterocycles. The normalized spacial score (nSPS) is 13.7. The van der Waals surface area contributed by atoms with E-state index in [-0.39, 0.29) is 5.41 Å². The van der Waals surface area contributed by atoms with Crippen molar-refractivity contribution >= 4 is 0 Å². The zero-order valence-corrected chi connectivity index (χ0v) is 13.1. The minimum Gasteiger partial charge on any atom is -0.336 e. The van der Waals surface area contributed by atoms with Crippen LogP contribution in [0.4, 0.5) is 0 Å². The molecule has 2 aromatic heterocycles. The molecule has 0 aliphatic carbocycles. The molecule has 0 fully saturated rings. The summed E-state index contributed by atoms with van der Waals surface area (Å²) in [6.45, 7) is 10.6. The molecule has 0 aromatic carbocycles. The zero-order valence-electron chi connectivity index (χ0n) is 13.1. The quantitative estimate of drug-likeness (QED) is 0.909. The molecule has 1 N–H and O–H groups in total. The molecule has 0 spiro atoms. The van der Waals surface area contributed by atoms with E-state index in [4.69, 9.17) is 0 Å². The summed E-state index contributed by atoms with van der Waals surface area (Å²) in [6.07, 6.45) is 7.76. The van der Waals surface area contributed by atoms with Crippen molar-refractivity contribution in [3.63, 3.8) is 0 Å². The SMILES string of the molecule is CC(Cn1ccnc1)NCc1cn(C)nc1C(C)(C)C. The van der Waals surface area contributed by atoms with E-state index in [1.54, 1.807) is 0 Å². The van der Waals surface area contributed by atoms with Crippen molar-refractivity contribution < 1.29 is 0 Å². The van der Waals surface area contributed by atoms with Crippen LogP contribution in [0.2, 0.25) is 0 Å². The molecular formula is C15H25N5. The van der Waals surface area contributed by atoms with E-state index >= 15 is 0 Å². The highest BCUT2D eigenvalue weighted by atomic mass is 15.3. The molecule has 0 aliphatic rings. The maximum Gasteiger partial charge on any atom is 0.0946 e. The number of nitrogens with one attached hydrogen (secondary N) is 1. The summed E-state index contributed by atoms with van der Waals surface area (Å²) >= 11 is 0. The number of rotatable bonds is 5. The van der Waals surface area contributed by atoms with Crippen LogP contribution in [0.3, 0.4) is 0 Å². The molecule has 20 heavy (non-hydrogen) atoms. The average Bonchev–Trinajstić information content (AvgIpc) is 2.95. The van der Waals surface area contributed by atoms with Crippen LogP contribution >= 0.6 is 0 Å². The van der Waals surface area contributed by atoms with Gasteiger partial charge in [-0.15, -0.1) is 0 Å². The van der Waals surface area contributed by atoms with Crippen LogP contribution in [0.15, 0.2) is 24.9 Å². The van der Waals surface area contributed by atoms with Crippen LogP contribution in [0.1, 0.15) is 39.0 Å². The number of aryl methyl sites for hydroxylation is 1. The van der Waals surface area contributed by atoms with Crippen LogP contribution in [0.25, 0.3) is 0 Å². The second-order valence-corrected chi connectivity index (χ2v) is 6.47. The third-order valence-corrected chi connectivity index (χ3v) is 3.30. The van der Waals surface area contributed by atoms with Gasteiger partial charge in [-0.05, 0) is 6.92 Å². The van der Waals surface area contributed by atoms with Crippen molar-refractivity contribution in [2.45, 2.75) is 52.2 Å². The summed E-state index contributed by atoms with van der Waals surface area (Å²) in [7, 11) is 1.98. The standard InChI is InChI=1S/C15H25N5/c1-12(9-20-7-6-16-11-20)17-8-13-10-19(5)18-14(13)15(2,3)4/h6-7,10-12,17H,8-9H2,1-5H3. The van der Waals surface area contributed by atoms with Crippen molar-refractivity contribution in [3.05, 3.63) is 36.2 Å². The van der Waals surface area contributed by atoms with Gasteiger partial charge in [-0.2, -0.15) is 5.10 Å². The molecule has 0 radical (unpaired) electrons. The first-order valence-corrected chi connectivity index (χ1v) is 7.08. The van der Waals surface area contributed by atoms with Crippen molar-refractivity contribution in [1.82, 2.24) is 24.6 Å². The molecular weight excluding hydrogens is 250 g/mol. The molecule has 0 bridgehead atoms. The number of nitrogens with zero attached hydrogens (tertiary/aromatic N) is 4. The maximum absolute atomic E-state index is 4.60. The second-order valence-electron chi connectivity index (χ2n) is 6.47. The lowest BCUT2D eigenvalue weighted by molar-refractivity contribution is 0.470. The fourth-order valence-electron chi connectivity index (χ4n) is 2.36. The van der Waals surface area contributed by atoms with Gasteiger partial charge in [0.05, 0.1) is 12.0 Å². The molecule has 1 unspecified atom stereocenters. The summed E-state index contributed by atoms with van der Waals surface area (Å²) in [4.78, 5) is 4.07. The lowest BCUT2D eigenvalue weighted by Gasteiger charge is -2.19. The second kappa shape index (κ2) is 5.79. The molecule has 0 aliphatic heterocycles. The number of hydrogen-bond acceptors (Lipinski definition) is 3. The molecule has 0 saturated carbocycles. The minimum atomic E-state index is 0.0753. The minimum absolute atomic E-state index is 0.0753. The van der Waals surface area contributed by atoms with E-state index in [1.807, 2.05) is 30.5 Å². The van der Waals surface area contributed by atoms with Gasteiger partial charge < -0.3 is 9.88 Å². The van der Waals surface area contributed by atoms with Gasteiger partial charge in [0, 0.05) is 55.7 Å². The first kappa shape index (κ1) is 14.8. The number of imidazole rings is 1. The topological polar surface area (TPSA) is 47.7 Å². The van der Waals surface area contributed by atoms with Crippen LogP contribution < -0.4 is 5.32 Å². The summed E-state index contributed by atoms with van der Waals surface area (Å²) < 4.78 is 3.99. The van der Waals surface area contributed by atoms with Crippen molar-refractivity contribution in [2.24, 2.45) is 7.05 Å². The highest BCUT2D eigenvalue weighted by Gasteiger charge is 2.21. The number of hydrogen-bond donors (Lipinski definition) is 1.